The molecule has 2 bridgehead atoms. The number of carbonyl (C=O) groups excluding carboxylic acids is 1. The van der Waals surface area contributed by atoms with Crippen molar-refractivity contribution < 1.29 is 4.79 Å². The van der Waals surface area contributed by atoms with Crippen molar-refractivity contribution in [1.82, 2.24) is 0 Å². The van der Waals surface area contributed by atoms with Gasteiger partial charge in [-0.2, -0.15) is 0 Å². The van der Waals surface area contributed by atoms with Crippen LogP contribution in [0.5, 0.6) is 0 Å². The summed E-state index contributed by atoms with van der Waals surface area (Å²) in [7, 11) is 0. The van der Waals surface area contributed by atoms with Gasteiger partial charge < -0.3 is 0 Å². The predicted molar refractivity (Wildman–Crippen MR) is 67.2 cm³/mol. The monoisotopic (exact) mass is 220 g/mol. The van der Waals surface area contributed by atoms with E-state index in [0.29, 0.717) is 11.7 Å². The maximum atomic E-state index is 12.0. The van der Waals surface area contributed by atoms with E-state index in [1.165, 1.54) is 6.42 Å². The lowest BCUT2D eigenvalue weighted by atomic mass is 9.44. The molecule has 3 rings (SSSR count). The van der Waals surface area contributed by atoms with E-state index < -0.39 is 0 Å². The van der Waals surface area contributed by atoms with Crippen LogP contribution in [-0.4, -0.2) is 5.78 Å². The molecule has 1 heteroatoms. The molecule has 3 aliphatic rings. The molecule has 0 saturated heterocycles. The summed E-state index contributed by atoms with van der Waals surface area (Å²) < 4.78 is 0. The van der Waals surface area contributed by atoms with Gasteiger partial charge in [0, 0.05) is 5.41 Å². The zero-order chi connectivity index (χ0) is 12.2. The molecule has 0 N–H and O–H groups in total. The predicted octanol–water partition coefficient (Wildman–Crippen LogP) is 3.98. The molecule has 90 valence electrons. The van der Waals surface area contributed by atoms with E-state index in [-0.39, 0.29) is 16.2 Å². The maximum Gasteiger partial charge on any atom is 0.136 e. The van der Waals surface area contributed by atoms with Crippen molar-refractivity contribution >= 4 is 5.78 Å². The van der Waals surface area contributed by atoms with Gasteiger partial charge in [0.05, 0.1) is 0 Å². The number of allylic oxidation sites excluding steroid dienone is 2. The van der Waals surface area contributed by atoms with Crippen molar-refractivity contribution in [2.45, 2.75) is 53.9 Å². The van der Waals surface area contributed by atoms with Gasteiger partial charge in [-0.25, -0.2) is 0 Å². The second kappa shape index (κ2) is 3.21. The van der Waals surface area contributed by atoms with Gasteiger partial charge in [0.25, 0.3) is 0 Å². The van der Waals surface area contributed by atoms with Crippen LogP contribution in [0, 0.1) is 22.2 Å². The van der Waals surface area contributed by atoms with E-state index in [1.54, 1.807) is 6.92 Å². The molecule has 16 heavy (non-hydrogen) atoms. The second-order valence-electron chi connectivity index (χ2n) is 6.70. The summed E-state index contributed by atoms with van der Waals surface area (Å²) in [5, 5.41) is 0. The summed E-state index contributed by atoms with van der Waals surface area (Å²) >= 11 is 0. The summed E-state index contributed by atoms with van der Waals surface area (Å²) in [5.41, 5.74) is 0.220. The number of Topliss-reactive ketones (excluding diaryl/α,β-unsaturated/α-hetero) is 1. The maximum absolute atomic E-state index is 12.0. The molecule has 0 amide bonds. The zero-order valence-electron chi connectivity index (χ0n) is 11.3. The Hall–Kier alpha value is -0.590. The van der Waals surface area contributed by atoms with E-state index in [9.17, 15) is 4.79 Å². The lowest BCUT2D eigenvalue weighted by Gasteiger charge is -2.59. The lowest BCUT2D eigenvalue weighted by molar-refractivity contribution is -0.140. The van der Waals surface area contributed by atoms with Gasteiger partial charge in [0.1, 0.15) is 5.78 Å². The van der Waals surface area contributed by atoms with Gasteiger partial charge in [0.15, 0.2) is 0 Å². The van der Waals surface area contributed by atoms with Crippen molar-refractivity contribution in [1.29, 1.82) is 0 Å². The standard InChI is InChI=1S/C15H24O/c1-11(2)15-8-6-13(4,7-9-15)14(5,10-15)12(3)16/h6,8,11H,7,9-10H2,1-5H3. The summed E-state index contributed by atoms with van der Waals surface area (Å²) in [5.74, 6) is 0.997. The van der Waals surface area contributed by atoms with E-state index in [4.69, 9.17) is 0 Å². The molecule has 0 aliphatic heterocycles. The fraction of sp³-hybridized carbons (Fsp3) is 0.800. The molecule has 1 fully saturated rings. The molecule has 0 spiro atoms. The summed E-state index contributed by atoms with van der Waals surface area (Å²) in [6.07, 6.45) is 8.20. The normalized spacial score (nSPS) is 46.4. The number of fused-ring (bicyclic) bond motifs is 2. The molecular formula is C15H24O. The smallest absolute Gasteiger partial charge is 0.136 e. The van der Waals surface area contributed by atoms with Crippen molar-refractivity contribution in [3.63, 3.8) is 0 Å². The van der Waals surface area contributed by atoms with E-state index in [0.717, 1.165) is 12.8 Å². The summed E-state index contributed by atoms with van der Waals surface area (Å²) in [4.78, 5) is 12.0. The van der Waals surface area contributed by atoms with Crippen LogP contribution >= 0.6 is 0 Å². The highest BCUT2D eigenvalue weighted by Gasteiger charge is 2.58. The molecule has 3 unspecified atom stereocenters. The third kappa shape index (κ3) is 1.26. The SMILES string of the molecule is CC(=O)C1(C)CC2(C(C)C)C=CC1(C)CC2. The van der Waals surface area contributed by atoms with Crippen LogP contribution < -0.4 is 0 Å². The van der Waals surface area contributed by atoms with Crippen LogP contribution in [0.25, 0.3) is 0 Å². The average Bonchev–Trinajstić information content (AvgIpc) is 2.20. The molecule has 0 aromatic rings. The lowest BCUT2D eigenvalue weighted by Crippen LogP contribution is -2.54. The summed E-state index contributed by atoms with van der Waals surface area (Å²) in [6, 6.07) is 0. The average molecular weight is 220 g/mol. The van der Waals surface area contributed by atoms with E-state index in [1.807, 2.05) is 0 Å². The van der Waals surface area contributed by atoms with E-state index >= 15 is 0 Å². The molecule has 1 saturated carbocycles. The van der Waals surface area contributed by atoms with Crippen molar-refractivity contribution in [3.8, 4) is 0 Å². The first-order valence-corrected chi connectivity index (χ1v) is 6.47. The number of hydrogen-bond donors (Lipinski definition) is 0. The number of rotatable bonds is 2. The molecular weight excluding hydrogens is 196 g/mol. The fourth-order valence-electron chi connectivity index (χ4n) is 3.69. The van der Waals surface area contributed by atoms with Gasteiger partial charge >= 0.3 is 0 Å². The minimum Gasteiger partial charge on any atom is -0.299 e. The Kier molecular flexibility index (Phi) is 2.38. The first kappa shape index (κ1) is 11.9. The van der Waals surface area contributed by atoms with Crippen molar-refractivity contribution in [2.75, 3.05) is 0 Å². The van der Waals surface area contributed by atoms with Crippen molar-refractivity contribution in [3.05, 3.63) is 12.2 Å². The Balaban J connectivity index is 2.49. The van der Waals surface area contributed by atoms with Gasteiger partial charge in [-0.15, -0.1) is 0 Å². The molecule has 1 nitrogen and oxygen atoms in total. The Morgan fingerprint density at radius 2 is 1.81 bits per heavy atom. The highest BCUT2D eigenvalue weighted by molar-refractivity contribution is 5.84. The highest BCUT2D eigenvalue weighted by atomic mass is 16.1. The van der Waals surface area contributed by atoms with Gasteiger partial charge in [-0.3, -0.25) is 4.79 Å². The minimum atomic E-state index is -0.149. The molecule has 3 aliphatic carbocycles. The van der Waals surface area contributed by atoms with Crippen LogP contribution in [0.3, 0.4) is 0 Å². The number of hydrogen-bond acceptors (Lipinski definition) is 1. The van der Waals surface area contributed by atoms with E-state index in [2.05, 4.69) is 39.8 Å². The Labute approximate surface area is 99.3 Å². The number of ketones is 1. The highest BCUT2D eigenvalue weighted by Crippen LogP contribution is 2.64. The second-order valence-corrected chi connectivity index (χ2v) is 6.70. The molecule has 0 aromatic heterocycles. The first-order chi connectivity index (χ1) is 7.26. The largest absolute Gasteiger partial charge is 0.299 e. The number of carbonyl (C=O) groups is 1. The quantitative estimate of drug-likeness (QED) is 0.643. The Morgan fingerprint density at radius 3 is 2.19 bits per heavy atom. The topological polar surface area (TPSA) is 17.1 Å². The molecule has 0 heterocycles. The van der Waals surface area contributed by atoms with Crippen LogP contribution in [-0.2, 0) is 4.79 Å². The fourth-order valence-corrected chi connectivity index (χ4v) is 3.69. The van der Waals surface area contributed by atoms with Crippen molar-refractivity contribution in [2.24, 2.45) is 22.2 Å². The summed E-state index contributed by atoms with van der Waals surface area (Å²) in [6.45, 7) is 10.8. The van der Waals surface area contributed by atoms with Crippen LogP contribution in [0.4, 0.5) is 0 Å². The Bertz CT molecular complexity index is 354. The third-order valence-corrected chi connectivity index (χ3v) is 5.76. The zero-order valence-corrected chi connectivity index (χ0v) is 11.3. The first-order valence-electron chi connectivity index (χ1n) is 6.47. The molecule has 0 aromatic carbocycles. The van der Waals surface area contributed by atoms with Gasteiger partial charge in [-0.1, -0.05) is 39.8 Å². The van der Waals surface area contributed by atoms with Crippen LogP contribution in [0.1, 0.15) is 53.9 Å². The Morgan fingerprint density at radius 1 is 1.19 bits per heavy atom. The molecule has 0 radical (unpaired) electrons. The van der Waals surface area contributed by atoms with Crippen LogP contribution in [0.2, 0.25) is 0 Å². The van der Waals surface area contributed by atoms with Gasteiger partial charge in [0.2, 0.25) is 0 Å². The van der Waals surface area contributed by atoms with Crippen LogP contribution in [0.15, 0.2) is 12.2 Å². The molecule has 3 atom stereocenters. The minimum absolute atomic E-state index is 0.0927. The third-order valence-electron chi connectivity index (χ3n) is 5.76. The van der Waals surface area contributed by atoms with Gasteiger partial charge in [-0.05, 0) is 42.9 Å².